The highest BCUT2D eigenvalue weighted by molar-refractivity contribution is 7.92. The summed E-state index contributed by atoms with van der Waals surface area (Å²) in [5.74, 6) is -1.01. The van der Waals surface area contributed by atoms with Crippen molar-refractivity contribution in [3.8, 4) is 0 Å². The second-order valence-corrected chi connectivity index (χ2v) is 7.72. The van der Waals surface area contributed by atoms with Crippen LogP contribution in [0.4, 0.5) is 5.69 Å². The predicted molar refractivity (Wildman–Crippen MR) is 96.2 cm³/mol. The van der Waals surface area contributed by atoms with Crippen LogP contribution in [-0.2, 0) is 21.2 Å². The van der Waals surface area contributed by atoms with Gasteiger partial charge in [0.25, 0.3) is 5.91 Å². The van der Waals surface area contributed by atoms with Gasteiger partial charge < -0.3 is 0 Å². The first-order valence-corrected chi connectivity index (χ1v) is 9.69. The number of rotatable bonds is 8. The van der Waals surface area contributed by atoms with Crippen molar-refractivity contribution < 1.29 is 13.2 Å². The van der Waals surface area contributed by atoms with Crippen LogP contribution in [0, 0.1) is 0 Å². The molecule has 0 aromatic heterocycles. The van der Waals surface area contributed by atoms with Gasteiger partial charge in [-0.2, -0.15) is 0 Å². The number of hydrazine groups is 1. The van der Waals surface area contributed by atoms with Crippen LogP contribution in [0.15, 0.2) is 60.7 Å². The second kappa shape index (κ2) is 8.49. The van der Waals surface area contributed by atoms with Gasteiger partial charge >= 0.3 is 0 Å². The first kappa shape index (κ1) is 18.0. The maximum atomic E-state index is 12.2. The van der Waals surface area contributed by atoms with Gasteiger partial charge in [0.15, 0.2) is 9.84 Å². The number of hydrogen-bond donors (Lipinski definition) is 1. The van der Waals surface area contributed by atoms with Gasteiger partial charge in [-0.25, -0.2) is 8.42 Å². The van der Waals surface area contributed by atoms with Crippen LogP contribution in [-0.4, -0.2) is 25.8 Å². The number of para-hydroxylation sites is 1. The molecule has 2 aromatic carbocycles. The van der Waals surface area contributed by atoms with Gasteiger partial charge in [0, 0.05) is 0 Å². The van der Waals surface area contributed by atoms with Crippen molar-refractivity contribution in [3.05, 3.63) is 66.2 Å². The molecule has 24 heavy (non-hydrogen) atoms. The molecule has 0 heterocycles. The maximum Gasteiger partial charge on any atom is 0.253 e. The van der Waals surface area contributed by atoms with Crippen LogP contribution in [0.5, 0.6) is 0 Å². The van der Waals surface area contributed by atoms with Crippen molar-refractivity contribution >= 4 is 21.4 Å². The summed E-state index contributed by atoms with van der Waals surface area (Å²) in [7, 11) is -3.37. The van der Waals surface area contributed by atoms with Crippen LogP contribution in [0.25, 0.3) is 0 Å². The minimum absolute atomic E-state index is 0.0183. The number of hydrogen-bond acceptors (Lipinski definition) is 4. The number of anilines is 1. The van der Waals surface area contributed by atoms with E-state index in [0.717, 1.165) is 11.3 Å². The lowest BCUT2D eigenvalue weighted by Gasteiger charge is -2.25. The minimum atomic E-state index is -3.37. The highest BCUT2D eigenvalue weighted by Gasteiger charge is 2.18. The summed E-state index contributed by atoms with van der Waals surface area (Å²) in [6.07, 6.45) is 0.502. The number of amides is 1. The molecule has 0 saturated heterocycles. The van der Waals surface area contributed by atoms with E-state index in [-0.39, 0.29) is 5.75 Å². The fourth-order valence-electron chi connectivity index (χ4n) is 2.34. The first-order valence-electron chi connectivity index (χ1n) is 7.86. The van der Waals surface area contributed by atoms with E-state index in [1.54, 1.807) is 11.9 Å². The van der Waals surface area contributed by atoms with Crippen molar-refractivity contribution in [2.75, 3.05) is 16.5 Å². The highest BCUT2D eigenvalue weighted by Crippen LogP contribution is 2.14. The Hall–Kier alpha value is -2.34. The molecule has 1 amide bonds. The van der Waals surface area contributed by atoms with E-state index in [2.05, 4.69) is 5.43 Å². The van der Waals surface area contributed by atoms with Crippen molar-refractivity contribution in [3.63, 3.8) is 0 Å². The Labute approximate surface area is 143 Å². The summed E-state index contributed by atoms with van der Waals surface area (Å²) < 4.78 is 23.7. The van der Waals surface area contributed by atoms with E-state index in [9.17, 15) is 13.2 Å². The van der Waals surface area contributed by atoms with Gasteiger partial charge in [-0.05, 0) is 24.1 Å². The molecule has 0 atom stereocenters. The van der Waals surface area contributed by atoms with Gasteiger partial charge in [-0.3, -0.25) is 15.2 Å². The van der Waals surface area contributed by atoms with E-state index in [0.29, 0.717) is 13.0 Å². The van der Waals surface area contributed by atoms with Gasteiger partial charge in [0.1, 0.15) is 5.75 Å². The number of benzene rings is 2. The maximum absolute atomic E-state index is 12.2. The predicted octanol–water partition coefficient (Wildman–Crippen LogP) is 2.55. The zero-order valence-corrected chi connectivity index (χ0v) is 14.5. The molecule has 0 aliphatic heterocycles. The summed E-state index contributed by atoms with van der Waals surface area (Å²) >= 11 is 0. The number of carbonyl (C=O) groups is 1. The van der Waals surface area contributed by atoms with E-state index in [1.165, 1.54) is 0 Å². The average molecular weight is 346 g/mol. The summed E-state index contributed by atoms with van der Waals surface area (Å²) in [5, 5.41) is 1.67. The molecular weight excluding hydrogens is 324 g/mol. The normalized spacial score (nSPS) is 11.0. The smallest absolute Gasteiger partial charge is 0.253 e. The molecule has 0 fully saturated rings. The summed E-state index contributed by atoms with van der Waals surface area (Å²) in [6, 6.07) is 19.0. The van der Waals surface area contributed by atoms with E-state index < -0.39 is 21.5 Å². The molecule has 2 rings (SSSR count). The Morgan fingerprint density at radius 2 is 1.58 bits per heavy atom. The molecule has 0 spiro atoms. The van der Waals surface area contributed by atoms with Crippen molar-refractivity contribution in [2.45, 2.75) is 19.9 Å². The van der Waals surface area contributed by atoms with Gasteiger partial charge in [-0.15, -0.1) is 0 Å². The Kier molecular flexibility index (Phi) is 6.37. The molecule has 0 bridgehead atoms. The third kappa shape index (κ3) is 5.70. The first-order chi connectivity index (χ1) is 11.5. The molecule has 0 saturated carbocycles. The zero-order chi connectivity index (χ0) is 17.4. The third-order valence-corrected chi connectivity index (χ3v) is 5.11. The monoisotopic (exact) mass is 346 g/mol. The molecule has 5 nitrogen and oxygen atoms in total. The topological polar surface area (TPSA) is 66.5 Å². The molecular formula is C18H22N2O3S. The lowest BCUT2D eigenvalue weighted by molar-refractivity contribution is -0.118. The lowest BCUT2D eigenvalue weighted by atomic mass is 10.2. The zero-order valence-electron chi connectivity index (χ0n) is 13.7. The largest absolute Gasteiger partial charge is 0.281 e. The molecule has 0 unspecified atom stereocenters. The third-order valence-electron chi connectivity index (χ3n) is 3.38. The Bertz CT molecular complexity index is 746. The SMILES string of the molecule is CCCS(=O)(=O)CC(=O)NN(Cc1ccccc1)c1ccccc1. The van der Waals surface area contributed by atoms with Crippen LogP contribution < -0.4 is 10.4 Å². The quantitative estimate of drug-likeness (QED) is 0.746. The summed E-state index contributed by atoms with van der Waals surface area (Å²) in [4.78, 5) is 12.2. The highest BCUT2D eigenvalue weighted by atomic mass is 32.2. The molecule has 0 radical (unpaired) electrons. The fourth-order valence-corrected chi connectivity index (χ4v) is 3.57. The summed E-state index contributed by atoms with van der Waals surface area (Å²) in [5.41, 5.74) is 4.52. The van der Waals surface area contributed by atoms with E-state index in [1.807, 2.05) is 60.7 Å². The molecule has 0 aliphatic carbocycles. The van der Waals surface area contributed by atoms with Crippen molar-refractivity contribution in [1.82, 2.24) is 5.43 Å². The molecule has 0 aliphatic rings. The number of nitrogens with zero attached hydrogens (tertiary/aromatic N) is 1. The second-order valence-electron chi connectivity index (χ2n) is 5.53. The summed E-state index contributed by atoms with van der Waals surface area (Å²) in [6.45, 7) is 2.23. The fraction of sp³-hybridized carbons (Fsp3) is 0.278. The Balaban J connectivity index is 2.13. The minimum Gasteiger partial charge on any atom is -0.281 e. The lowest BCUT2D eigenvalue weighted by Crippen LogP contribution is -2.44. The number of carbonyl (C=O) groups excluding carboxylic acids is 1. The molecule has 128 valence electrons. The van der Waals surface area contributed by atoms with E-state index in [4.69, 9.17) is 0 Å². The number of nitrogens with one attached hydrogen (secondary N) is 1. The van der Waals surface area contributed by atoms with Crippen molar-refractivity contribution in [2.24, 2.45) is 0 Å². The Morgan fingerprint density at radius 1 is 1.00 bits per heavy atom. The number of sulfone groups is 1. The van der Waals surface area contributed by atoms with Gasteiger partial charge in [0.2, 0.25) is 0 Å². The molecule has 6 heteroatoms. The van der Waals surface area contributed by atoms with Crippen LogP contribution in [0.2, 0.25) is 0 Å². The molecule has 2 aromatic rings. The van der Waals surface area contributed by atoms with Crippen molar-refractivity contribution in [1.29, 1.82) is 0 Å². The molecule has 1 N–H and O–H groups in total. The van der Waals surface area contributed by atoms with Crippen LogP contribution >= 0.6 is 0 Å². The van der Waals surface area contributed by atoms with Crippen LogP contribution in [0.3, 0.4) is 0 Å². The average Bonchev–Trinajstić information content (AvgIpc) is 2.55. The Morgan fingerprint density at radius 3 is 2.17 bits per heavy atom. The van der Waals surface area contributed by atoms with E-state index >= 15 is 0 Å². The standard InChI is InChI=1S/C18H22N2O3S/c1-2-13-24(22,23)15-18(21)19-20(17-11-7-4-8-12-17)14-16-9-5-3-6-10-16/h3-12H,2,13-15H2,1H3,(H,19,21). The van der Waals surface area contributed by atoms with Gasteiger partial charge in [0.05, 0.1) is 18.0 Å². The van der Waals surface area contributed by atoms with Crippen LogP contribution in [0.1, 0.15) is 18.9 Å². The van der Waals surface area contributed by atoms with Gasteiger partial charge in [-0.1, -0.05) is 55.5 Å².